The van der Waals surface area contributed by atoms with Crippen molar-refractivity contribution >= 4 is 21.8 Å². The van der Waals surface area contributed by atoms with Crippen LogP contribution in [0.3, 0.4) is 0 Å². The lowest BCUT2D eigenvalue weighted by Crippen LogP contribution is -2.35. The second-order valence-corrected chi connectivity index (χ2v) is 16.4. The van der Waals surface area contributed by atoms with E-state index in [1.54, 1.807) is 0 Å². The Morgan fingerprint density at radius 3 is 1.64 bits per heavy atom. The highest BCUT2D eigenvalue weighted by molar-refractivity contribution is 6.12. The SMILES string of the molecule is CC1(C)c2cc(-c3nc(-c4ccccc4)nc(-c4ccccc4)n3)ccc2-c2ccc(C3(c4ccccc4)c4ccccc4-n4c5ccccc5c5cccc3c54)cc21. The molecule has 4 nitrogen and oxygen atoms in total. The van der Waals surface area contributed by atoms with Crippen molar-refractivity contribution < 1.29 is 0 Å². The molecule has 0 saturated heterocycles. The van der Waals surface area contributed by atoms with Gasteiger partial charge < -0.3 is 4.57 Å². The molecule has 0 N–H and O–H groups in total. The van der Waals surface area contributed by atoms with Crippen LogP contribution >= 0.6 is 0 Å². The molecular weight excluding hydrogens is 717 g/mol. The molecule has 2 aromatic heterocycles. The zero-order valence-corrected chi connectivity index (χ0v) is 32.8. The first-order chi connectivity index (χ1) is 29.0. The summed E-state index contributed by atoms with van der Waals surface area (Å²) in [5.74, 6) is 1.99. The Bertz CT molecular complexity index is 3230. The molecule has 1 atom stereocenters. The molecule has 10 aromatic rings. The van der Waals surface area contributed by atoms with Crippen LogP contribution in [-0.4, -0.2) is 19.5 Å². The maximum atomic E-state index is 5.09. The molecule has 1 aliphatic heterocycles. The predicted molar refractivity (Wildman–Crippen MR) is 240 cm³/mol. The van der Waals surface area contributed by atoms with Gasteiger partial charge in [-0.1, -0.05) is 190 Å². The zero-order valence-electron chi connectivity index (χ0n) is 32.8. The molecule has 2 aliphatic rings. The van der Waals surface area contributed by atoms with Gasteiger partial charge in [0.25, 0.3) is 0 Å². The molecule has 59 heavy (non-hydrogen) atoms. The molecule has 0 saturated carbocycles. The summed E-state index contributed by atoms with van der Waals surface area (Å²) in [6, 6.07) is 70.3. The first-order valence-electron chi connectivity index (χ1n) is 20.4. The molecule has 3 heterocycles. The lowest BCUT2D eigenvalue weighted by molar-refractivity contribution is 0.654. The van der Waals surface area contributed by atoms with Gasteiger partial charge in [0, 0.05) is 32.9 Å². The number of fused-ring (bicyclic) bond motifs is 8. The third-order valence-electron chi connectivity index (χ3n) is 12.9. The minimum atomic E-state index is -0.570. The van der Waals surface area contributed by atoms with Crippen molar-refractivity contribution in [2.24, 2.45) is 0 Å². The van der Waals surface area contributed by atoms with Crippen LogP contribution in [0.2, 0.25) is 0 Å². The van der Waals surface area contributed by atoms with Gasteiger partial charge in [-0.15, -0.1) is 0 Å². The van der Waals surface area contributed by atoms with Crippen LogP contribution in [-0.2, 0) is 10.8 Å². The standard InChI is InChI=1S/C55H38N4/c1-54(2)46-33-37(53-57-51(35-17-6-3-7-18-35)56-52(58-53)36-19-8-4-9-20-36)29-31-40(46)41-32-30-39(34-47(41)54)55(38-21-10-5-11-22-38)44-25-13-15-28-49(44)59-48-27-14-12-23-42(48)43-24-16-26-45(55)50(43)59/h3-34H,1-2H3. The molecule has 12 rings (SSSR count). The molecule has 8 aromatic carbocycles. The van der Waals surface area contributed by atoms with Crippen molar-refractivity contribution in [3.63, 3.8) is 0 Å². The fraction of sp³-hybridized carbons (Fsp3) is 0.0727. The van der Waals surface area contributed by atoms with E-state index < -0.39 is 5.41 Å². The first-order valence-corrected chi connectivity index (χ1v) is 20.4. The summed E-state index contributed by atoms with van der Waals surface area (Å²) in [5.41, 5.74) is 15.9. The van der Waals surface area contributed by atoms with E-state index in [0.717, 1.165) is 16.7 Å². The van der Waals surface area contributed by atoms with Gasteiger partial charge in [0.1, 0.15) is 0 Å². The van der Waals surface area contributed by atoms with Crippen molar-refractivity contribution in [1.82, 2.24) is 19.5 Å². The maximum absolute atomic E-state index is 5.09. The van der Waals surface area contributed by atoms with Crippen molar-refractivity contribution in [3.8, 4) is 51.0 Å². The largest absolute Gasteiger partial charge is 0.309 e. The third kappa shape index (κ3) is 4.74. The summed E-state index contributed by atoms with van der Waals surface area (Å²) in [6.45, 7) is 4.73. The lowest BCUT2D eigenvalue weighted by Gasteiger charge is -2.42. The number of aromatic nitrogens is 4. The first kappa shape index (κ1) is 33.7. The van der Waals surface area contributed by atoms with Gasteiger partial charge in [0.15, 0.2) is 17.5 Å². The van der Waals surface area contributed by atoms with E-state index in [9.17, 15) is 0 Å². The van der Waals surface area contributed by atoms with E-state index in [4.69, 9.17) is 15.0 Å². The Labute approximate surface area is 343 Å². The summed E-state index contributed by atoms with van der Waals surface area (Å²) in [7, 11) is 0. The molecule has 0 fully saturated rings. The van der Waals surface area contributed by atoms with Gasteiger partial charge in [0.05, 0.1) is 22.1 Å². The maximum Gasteiger partial charge on any atom is 0.164 e. The number of hydrogen-bond donors (Lipinski definition) is 0. The highest BCUT2D eigenvalue weighted by Gasteiger charge is 2.46. The van der Waals surface area contributed by atoms with Crippen molar-refractivity contribution in [3.05, 3.63) is 228 Å². The quantitative estimate of drug-likeness (QED) is 0.176. The Morgan fingerprint density at radius 1 is 0.390 bits per heavy atom. The van der Waals surface area contributed by atoms with Crippen LogP contribution in [0.4, 0.5) is 0 Å². The van der Waals surface area contributed by atoms with E-state index in [1.165, 1.54) is 72.0 Å². The van der Waals surface area contributed by atoms with Crippen LogP contribution in [0.1, 0.15) is 47.2 Å². The Kier molecular flexibility index (Phi) is 7.16. The molecule has 0 amide bonds. The van der Waals surface area contributed by atoms with Crippen molar-refractivity contribution in [2.75, 3.05) is 0 Å². The summed E-state index contributed by atoms with van der Waals surface area (Å²) in [5, 5.41) is 2.55. The van der Waals surface area contributed by atoms with Crippen molar-refractivity contribution in [1.29, 1.82) is 0 Å². The van der Waals surface area contributed by atoms with Gasteiger partial charge in [-0.05, 0) is 62.7 Å². The zero-order chi connectivity index (χ0) is 39.3. The number of para-hydroxylation sites is 3. The fourth-order valence-electron chi connectivity index (χ4n) is 10.2. The molecule has 278 valence electrons. The van der Waals surface area contributed by atoms with E-state index in [2.05, 4.69) is 176 Å². The Balaban J connectivity index is 1.06. The summed E-state index contributed by atoms with van der Waals surface area (Å²) >= 11 is 0. The fourth-order valence-corrected chi connectivity index (χ4v) is 10.2. The molecule has 0 spiro atoms. The second-order valence-electron chi connectivity index (χ2n) is 16.4. The average molecular weight is 755 g/mol. The Hall–Kier alpha value is -7.43. The van der Waals surface area contributed by atoms with Crippen molar-refractivity contribution in [2.45, 2.75) is 24.7 Å². The normalized spacial score (nSPS) is 15.8. The highest BCUT2D eigenvalue weighted by Crippen LogP contribution is 2.57. The van der Waals surface area contributed by atoms with Crippen LogP contribution in [0.15, 0.2) is 194 Å². The van der Waals surface area contributed by atoms with Crippen LogP contribution in [0.5, 0.6) is 0 Å². The van der Waals surface area contributed by atoms with Gasteiger partial charge in [-0.25, -0.2) is 15.0 Å². The smallest absolute Gasteiger partial charge is 0.164 e. The molecule has 4 heteroatoms. The molecular formula is C55H38N4. The van der Waals surface area contributed by atoms with E-state index in [1.807, 2.05) is 36.4 Å². The molecule has 1 aliphatic carbocycles. The topological polar surface area (TPSA) is 43.6 Å². The average Bonchev–Trinajstić information content (AvgIpc) is 3.76. The minimum Gasteiger partial charge on any atom is -0.309 e. The third-order valence-corrected chi connectivity index (χ3v) is 12.9. The van der Waals surface area contributed by atoms with Gasteiger partial charge in [-0.2, -0.15) is 0 Å². The van der Waals surface area contributed by atoms with Gasteiger partial charge in [-0.3, -0.25) is 0 Å². The summed E-state index contributed by atoms with van der Waals surface area (Å²) in [4.78, 5) is 15.1. The summed E-state index contributed by atoms with van der Waals surface area (Å²) < 4.78 is 2.50. The van der Waals surface area contributed by atoms with Crippen LogP contribution in [0.25, 0.3) is 72.8 Å². The van der Waals surface area contributed by atoms with E-state index in [0.29, 0.717) is 17.5 Å². The van der Waals surface area contributed by atoms with Gasteiger partial charge in [0.2, 0.25) is 0 Å². The van der Waals surface area contributed by atoms with E-state index >= 15 is 0 Å². The molecule has 1 unspecified atom stereocenters. The van der Waals surface area contributed by atoms with Crippen LogP contribution < -0.4 is 0 Å². The molecule has 0 radical (unpaired) electrons. The number of nitrogens with zero attached hydrogens (tertiary/aromatic N) is 4. The second kappa shape index (κ2) is 12.5. The Morgan fingerprint density at radius 2 is 0.932 bits per heavy atom. The molecule has 0 bridgehead atoms. The predicted octanol–water partition coefficient (Wildman–Crippen LogP) is 13.0. The minimum absolute atomic E-state index is 0.304. The summed E-state index contributed by atoms with van der Waals surface area (Å²) in [6.07, 6.45) is 0. The van der Waals surface area contributed by atoms with Gasteiger partial charge >= 0.3 is 0 Å². The lowest BCUT2D eigenvalue weighted by atomic mass is 9.62. The number of hydrogen-bond acceptors (Lipinski definition) is 3. The van der Waals surface area contributed by atoms with Crippen LogP contribution in [0, 0.1) is 0 Å². The monoisotopic (exact) mass is 754 g/mol. The highest BCUT2D eigenvalue weighted by atomic mass is 15.0. The number of rotatable bonds is 5. The van der Waals surface area contributed by atoms with E-state index in [-0.39, 0.29) is 5.41 Å². The number of benzene rings is 8.